The zero-order chi connectivity index (χ0) is 51.3. The molecular weight excluding hydrogens is 939 g/mol. The second kappa shape index (κ2) is 19.1. The van der Waals surface area contributed by atoms with Gasteiger partial charge in [0.05, 0.1) is 23.6 Å². The van der Waals surface area contributed by atoms with Crippen LogP contribution in [0.1, 0.15) is 35.1 Å². The molecule has 0 atom stereocenters. The average Bonchev–Trinajstić information content (AvgIpc) is 4.22. The van der Waals surface area contributed by atoms with E-state index in [0.29, 0.717) is 17.6 Å². The first kappa shape index (κ1) is 45.7. The number of aromatic nitrogens is 4. The van der Waals surface area contributed by atoms with Crippen molar-refractivity contribution in [1.82, 2.24) is 19.5 Å². The van der Waals surface area contributed by atoms with E-state index in [0.717, 1.165) is 85.2 Å². The lowest BCUT2D eigenvalue weighted by atomic mass is 9.65. The number of ether oxygens (including phenoxy) is 1. The van der Waals surface area contributed by atoms with Crippen molar-refractivity contribution in [3.8, 4) is 56.7 Å². The molecule has 6 nitrogen and oxygen atoms in total. The van der Waals surface area contributed by atoms with Crippen LogP contribution in [0.25, 0.3) is 78.4 Å². The number of benzene rings is 10. The van der Waals surface area contributed by atoms with E-state index in [4.69, 9.17) is 19.7 Å². The number of rotatable bonds is 11. The summed E-state index contributed by atoms with van der Waals surface area (Å²) >= 11 is 0. The van der Waals surface area contributed by atoms with E-state index >= 15 is 0 Å². The van der Waals surface area contributed by atoms with Crippen molar-refractivity contribution in [2.75, 3.05) is 12.0 Å². The normalized spacial score (nSPS) is 13.5. The maximum atomic E-state index is 5.49. The Morgan fingerprint density at radius 1 is 0.429 bits per heavy atom. The standard InChI is InChI=1S/C71H51N5O/c1-77-59-42-34-49(35-43-59)48-30-37-56(38-31-48)75(58-41-44-65-62(47-58)60-26-14-16-28-64(60)71(65,54-22-10-4-11-23-54)55-24-12-5-13-25-55)57-39-32-50(33-40-57)53-36-45-67-63(46-53)61-27-15-17-29-66(61)76(67)70-73-68(51-18-6-2-7-19-51)72-69(74-70)52-20-8-3-9-21-52/h2-40,42-43,45-47H,41,44H2,1H3. The van der Waals surface area contributed by atoms with Crippen LogP contribution in [0.3, 0.4) is 0 Å². The first-order valence-corrected chi connectivity index (χ1v) is 26.3. The highest BCUT2D eigenvalue weighted by atomic mass is 16.5. The third kappa shape index (κ3) is 7.84. The van der Waals surface area contributed by atoms with E-state index in [-0.39, 0.29) is 0 Å². The Hall–Kier alpha value is -9.91. The Labute approximate surface area is 448 Å². The van der Waals surface area contributed by atoms with Crippen molar-refractivity contribution in [3.63, 3.8) is 0 Å². The van der Waals surface area contributed by atoms with E-state index in [1.807, 2.05) is 72.8 Å². The summed E-state index contributed by atoms with van der Waals surface area (Å²) in [6.45, 7) is 0. The summed E-state index contributed by atoms with van der Waals surface area (Å²) in [6.07, 6.45) is 4.24. The predicted octanol–water partition coefficient (Wildman–Crippen LogP) is 17.3. The van der Waals surface area contributed by atoms with Gasteiger partial charge in [-0.1, -0.05) is 206 Å². The number of methoxy groups -OCH3 is 1. The minimum atomic E-state index is -0.405. The minimum absolute atomic E-state index is 0.405. The lowest BCUT2D eigenvalue weighted by Crippen LogP contribution is -2.31. The van der Waals surface area contributed by atoms with Crippen LogP contribution >= 0.6 is 0 Å². The molecule has 0 saturated carbocycles. The Balaban J connectivity index is 0.882. The van der Waals surface area contributed by atoms with E-state index in [1.54, 1.807) is 7.11 Å². The van der Waals surface area contributed by atoms with Gasteiger partial charge in [0, 0.05) is 39.0 Å². The molecule has 0 radical (unpaired) electrons. The van der Waals surface area contributed by atoms with Gasteiger partial charge in [0.1, 0.15) is 5.75 Å². The fourth-order valence-corrected chi connectivity index (χ4v) is 12.1. The second-order valence-corrected chi connectivity index (χ2v) is 19.8. The molecule has 2 aliphatic rings. The number of fused-ring (bicyclic) bond motifs is 5. The molecule has 0 aliphatic heterocycles. The zero-order valence-corrected chi connectivity index (χ0v) is 42.5. The molecule has 0 unspecified atom stereocenters. The van der Waals surface area contributed by atoms with Crippen molar-refractivity contribution < 1.29 is 4.74 Å². The third-order valence-electron chi connectivity index (χ3n) is 15.6. The molecule has 14 rings (SSSR count). The van der Waals surface area contributed by atoms with Gasteiger partial charge in [0.25, 0.3) is 0 Å². The van der Waals surface area contributed by atoms with Crippen LogP contribution in [0.2, 0.25) is 0 Å². The lowest BCUT2D eigenvalue weighted by molar-refractivity contribution is 0.415. The van der Waals surface area contributed by atoms with Crippen LogP contribution < -0.4 is 9.64 Å². The molecule has 366 valence electrons. The molecule has 10 aromatic carbocycles. The second-order valence-electron chi connectivity index (χ2n) is 19.8. The summed E-state index contributed by atoms with van der Waals surface area (Å²) in [7, 11) is 1.71. The van der Waals surface area contributed by atoms with Crippen molar-refractivity contribution in [3.05, 3.63) is 300 Å². The highest BCUT2D eigenvalue weighted by Crippen LogP contribution is 2.58. The maximum absolute atomic E-state index is 5.49. The lowest BCUT2D eigenvalue weighted by Gasteiger charge is -2.38. The molecule has 77 heavy (non-hydrogen) atoms. The fourth-order valence-electron chi connectivity index (χ4n) is 12.1. The van der Waals surface area contributed by atoms with Crippen LogP contribution in [-0.4, -0.2) is 26.6 Å². The third-order valence-corrected chi connectivity index (χ3v) is 15.6. The molecule has 0 fully saturated rings. The average molecular weight is 990 g/mol. The molecule has 0 saturated heterocycles. The molecule has 0 amide bonds. The van der Waals surface area contributed by atoms with E-state index < -0.39 is 5.41 Å². The summed E-state index contributed by atoms with van der Waals surface area (Å²) in [5.74, 6) is 2.67. The predicted molar refractivity (Wildman–Crippen MR) is 314 cm³/mol. The Morgan fingerprint density at radius 2 is 0.922 bits per heavy atom. The molecule has 2 aliphatic carbocycles. The molecule has 12 aromatic rings. The largest absolute Gasteiger partial charge is 0.497 e. The molecule has 0 spiro atoms. The fraction of sp³-hybridized carbons (Fsp3) is 0.0563. The van der Waals surface area contributed by atoms with Gasteiger partial charge in [-0.2, -0.15) is 9.97 Å². The molecule has 0 N–H and O–H groups in total. The smallest absolute Gasteiger partial charge is 0.238 e. The molecule has 6 heteroatoms. The summed E-state index contributed by atoms with van der Waals surface area (Å²) in [6, 6.07) is 93.3. The van der Waals surface area contributed by atoms with Crippen LogP contribution in [0, 0.1) is 0 Å². The van der Waals surface area contributed by atoms with Gasteiger partial charge < -0.3 is 9.64 Å². The van der Waals surface area contributed by atoms with Crippen LogP contribution in [0.15, 0.2) is 278 Å². The van der Waals surface area contributed by atoms with Gasteiger partial charge in [-0.15, -0.1) is 0 Å². The van der Waals surface area contributed by atoms with Crippen LogP contribution in [0.4, 0.5) is 11.4 Å². The number of hydrogen-bond acceptors (Lipinski definition) is 5. The van der Waals surface area contributed by atoms with Gasteiger partial charge in [-0.25, -0.2) is 4.98 Å². The van der Waals surface area contributed by atoms with Crippen LogP contribution in [0.5, 0.6) is 5.75 Å². The number of para-hydroxylation sites is 1. The van der Waals surface area contributed by atoms with E-state index in [9.17, 15) is 0 Å². The molecule has 2 heterocycles. The summed E-state index contributed by atoms with van der Waals surface area (Å²) in [4.78, 5) is 17.8. The van der Waals surface area contributed by atoms with E-state index in [1.165, 1.54) is 39.1 Å². The molecule has 2 aromatic heterocycles. The first-order chi connectivity index (χ1) is 38.1. The highest BCUT2D eigenvalue weighted by molar-refractivity contribution is 6.10. The SMILES string of the molecule is COc1ccc(-c2ccc(N(C3=CC4=C(CC3)C(c3ccccc3)(c3ccccc3)c3ccccc34)c3ccc(-c4ccc5c(c4)c4ccccc4n5-c4nc(-c5ccccc5)nc(-c5ccccc5)n4)cc3)cc2)cc1. The number of hydrogen-bond donors (Lipinski definition) is 0. The van der Waals surface area contributed by atoms with Crippen molar-refractivity contribution in [2.45, 2.75) is 18.3 Å². The van der Waals surface area contributed by atoms with Gasteiger partial charge >= 0.3 is 0 Å². The number of anilines is 2. The Bertz CT molecular complexity index is 4110. The quantitative estimate of drug-likeness (QED) is 0.129. The molecule has 0 bridgehead atoms. The van der Waals surface area contributed by atoms with Gasteiger partial charge in [-0.3, -0.25) is 4.57 Å². The monoisotopic (exact) mass is 989 g/mol. The van der Waals surface area contributed by atoms with Crippen molar-refractivity contribution in [1.29, 1.82) is 0 Å². The van der Waals surface area contributed by atoms with Gasteiger partial charge in [0.2, 0.25) is 5.95 Å². The minimum Gasteiger partial charge on any atom is -0.497 e. The summed E-state index contributed by atoms with van der Waals surface area (Å²) in [5, 5.41) is 2.25. The topological polar surface area (TPSA) is 56.1 Å². The summed E-state index contributed by atoms with van der Waals surface area (Å²) < 4.78 is 7.67. The van der Waals surface area contributed by atoms with E-state index in [2.05, 4.69) is 204 Å². The number of allylic oxidation sites excluding steroid dienone is 4. The zero-order valence-electron chi connectivity index (χ0n) is 42.5. The highest BCUT2D eigenvalue weighted by Gasteiger charge is 2.48. The van der Waals surface area contributed by atoms with Gasteiger partial charge in [-0.05, 0) is 129 Å². The summed E-state index contributed by atoms with van der Waals surface area (Å²) in [5.41, 5.74) is 19.5. The van der Waals surface area contributed by atoms with Crippen molar-refractivity contribution in [2.24, 2.45) is 0 Å². The molecular formula is C71H51N5O. The number of nitrogens with zero attached hydrogens (tertiary/aromatic N) is 5. The first-order valence-electron chi connectivity index (χ1n) is 26.3. The van der Waals surface area contributed by atoms with Crippen molar-refractivity contribution >= 4 is 38.8 Å². The van der Waals surface area contributed by atoms with Gasteiger partial charge in [0.15, 0.2) is 11.6 Å². The Morgan fingerprint density at radius 3 is 1.52 bits per heavy atom. The Kier molecular flexibility index (Phi) is 11.3. The van der Waals surface area contributed by atoms with Crippen LogP contribution in [-0.2, 0) is 5.41 Å². The maximum Gasteiger partial charge on any atom is 0.238 e.